The summed E-state index contributed by atoms with van der Waals surface area (Å²) in [5.41, 5.74) is 0. The van der Waals surface area contributed by atoms with Crippen LogP contribution in [0.1, 0.15) is 39.0 Å². The summed E-state index contributed by atoms with van der Waals surface area (Å²) in [5.74, 6) is 1.73. The van der Waals surface area contributed by atoms with E-state index in [1.54, 1.807) is 0 Å². The van der Waals surface area contributed by atoms with Gasteiger partial charge in [0.2, 0.25) is 0 Å². The number of hydrogen-bond donors (Lipinski definition) is 0. The van der Waals surface area contributed by atoms with E-state index in [-0.39, 0.29) is 0 Å². The molecule has 1 atom stereocenters. The first-order chi connectivity index (χ1) is 7.24. The van der Waals surface area contributed by atoms with Gasteiger partial charge >= 0.3 is 0 Å². The van der Waals surface area contributed by atoms with Crippen molar-refractivity contribution in [2.45, 2.75) is 45.1 Å². The molecule has 0 spiro atoms. The molecule has 1 saturated heterocycles. The highest BCUT2D eigenvalue weighted by Gasteiger charge is 2.22. The number of nitrogens with zero attached hydrogens (tertiary/aromatic N) is 1. The summed E-state index contributed by atoms with van der Waals surface area (Å²) in [6, 6.07) is 0.479. The van der Waals surface area contributed by atoms with Crippen molar-refractivity contribution in [3.05, 3.63) is 0 Å². The van der Waals surface area contributed by atoms with Crippen molar-refractivity contribution in [2.75, 3.05) is 25.1 Å². The Hall–Kier alpha value is -0.0200. The molecular formula is C12H23NOS. The zero-order valence-electron chi connectivity index (χ0n) is 10.00. The second-order valence-corrected chi connectivity index (χ2v) is 5.42. The van der Waals surface area contributed by atoms with Crippen molar-refractivity contribution in [1.82, 2.24) is 4.90 Å². The van der Waals surface area contributed by atoms with E-state index in [1.165, 1.54) is 31.6 Å². The molecule has 1 fully saturated rings. The molecule has 3 heteroatoms. The number of carbonyl (C=O) groups excluding carboxylic acids is 1. The van der Waals surface area contributed by atoms with Gasteiger partial charge in [0.1, 0.15) is 5.78 Å². The monoisotopic (exact) mass is 229 g/mol. The number of Topliss-reactive ketones (excluding diaryl/α,β-unsaturated/α-hetero) is 1. The molecule has 0 aliphatic carbocycles. The van der Waals surface area contributed by atoms with Crippen molar-refractivity contribution < 1.29 is 4.79 Å². The molecule has 1 heterocycles. The van der Waals surface area contributed by atoms with Gasteiger partial charge in [0.15, 0.2) is 0 Å². The van der Waals surface area contributed by atoms with Crippen molar-refractivity contribution in [3.8, 4) is 0 Å². The molecule has 0 aromatic heterocycles. The van der Waals surface area contributed by atoms with Crippen LogP contribution in [0.3, 0.4) is 0 Å². The molecule has 15 heavy (non-hydrogen) atoms. The molecule has 2 nitrogen and oxygen atoms in total. The van der Waals surface area contributed by atoms with E-state index in [1.807, 2.05) is 11.8 Å². The quantitative estimate of drug-likeness (QED) is 0.653. The minimum Gasteiger partial charge on any atom is -0.300 e. The lowest BCUT2D eigenvalue weighted by Crippen LogP contribution is -2.41. The number of thioether (sulfide) groups is 1. The first-order valence-electron chi connectivity index (χ1n) is 5.98. The number of unbranched alkanes of at least 4 members (excludes halogenated alkanes) is 2. The normalized spacial score (nSPS) is 23.3. The highest BCUT2D eigenvalue weighted by molar-refractivity contribution is 7.98. The largest absolute Gasteiger partial charge is 0.300 e. The fraction of sp³-hybridized carbons (Fsp3) is 0.917. The molecule has 0 N–H and O–H groups in total. The van der Waals surface area contributed by atoms with Crippen LogP contribution in [0.5, 0.6) is 0 Å². The van der Waals surface area contributed by atoms with Crippen LogP contribution in [0, 0.1) is 0 Å². The van der Waals surface area contributed by atoms with E-state index in [9.17, 15) is 4.79 Å². The summed E-state index contributed by atoms with van der Waals surface area (Å²) in [7, 11) is 0. The Morgan fingerprint density at radius 3 is 2.87 bits per heavy atom. The third-order valence-electron chi connectivity index (χ3n) is 3.12. The second-order valence-electron chi connectivity index (χ2n) is 4.43. The van der Waals surface area contributed by atoms with Gasteiger partial charge in [-0.25, -0.2) is 0 Å². The van der Waals surface area contributed by atoms with Gasteiger partial charge < -0.3 is 0 Å². The van der Waals surface area contributed by atoms with Gasteiger partial charge in [-0.3, -0.25) is 9.69 Å². The maximum atomic E-state index is 11.2. The summed E-state index contributed by atoms with van der Waals surface area (Å²) in [4.78, 5) is 13.7. The molecule has 0 aromatic rings. The van der Waals surface area contributed by atoms with E-state index in [0.717, 1.165) is 19.4 Å². The Kier molecular flexibility index (Phi) is 6.34. The highest BCUT2D eigenvalue weighted by Crippen LogP contribution is 2.14. The maximum Gasteiger partial charge on any atom is 0.135 e. The van der Waals surface area contributed by atoms with E-state index >= 15 is 0 Å². The maximum absolute atomic E-state index is 11.2. The summed E-state index contributed by atoms with van der Waals surface area (Å²) < 4.78 is 0. The zero-order valence-corrected chi connectivity index (χ0v) is 10.8. The van der Waals surface area contributed by atoms with Gasteiger partial charge in [-0.2, -0.15) is 11.8 Å². The SMILES string of the molecule is CSCCCCCN1CCC(=O)CC1C. The van der Waals surface area contributed by atoms with Gasteiger partial charge in [-0.1, -0.05) is 6.42 Å². The van der Waals surface area contributed by atoms with Crippen molar-refractivity contribution in [3.63, 3.8) is 0 Å². The van der Waals surface area contributed by atoms with Crippen molar-refractivity contribution >= 4 is 17.5 Å². The molecule has 1 aliphatic rings. The lowest BCUT2D eigenvalue weighted by atomic mass is 10.0. The Bertz CT molecular complexity index is 196. The summed E-state index contributed by atoms with van der Waals surface area (Å²) >= 11 is 1.93. The number of carbonyl (C=O) groups is 1. The minimum atomic E-state index is 0.445. The minimum absolute atomic E-state index is 0.445. The fourth-order valence-corrected chi connectivity index (χ4v) is 2.61. The zero-order chi connectivity index (χ0) is 11.1. The molecule has 88 valence electrons. The van der Waals surface area contributed by atoms with Crippen LogP contribution in [-0.4, -0.2) is 41.8 Å². The van der Waals surface area contributed by atoms with E-state index in [4.69, 9.17) is 0 Å². The van der Waals surface area contributed by atoms with Crippen molar-refractivity contribution in [1.29, 1.82) is 0 Å². The van der Waals surface area contributed by atoms with Crippen molar-refractivity contribution in [2.24, 2.45) is 0 Å². The van der Waals surface area contributed by atoms with Gasteiger partial charge in [-0.15, -0.1) is 0 Å². The molecule has 0 aromatic carbocycles. The predicted octanol–water partition coefficient (Wildman–Crippen LogP) is 2.57. The number of ketones is 1. The molecule has 1 rings (SSSR count). The smallest absolute Gasteiger partial charge is 0.135 e. The third kappa shape index (κ3) is 5.03. The van der Waals surface area contributed by atoms with Gasteiger partial charge in [-0.05, 0) is 38.3 Å². The molecular weight excluding hydrogens is 206 g/mol. The van der Waals surface area contributed by atoms with Crippen LogP contribution in [0.25, 0.3) is 0 Å². The van der Waals surface area contributed by atoms with Crippen LogP contribution in [0.4, 0.5) is 0 Å². The van der Waals surface area contributed by atoms with Crippen LogP contribution in [0.15, 0.2) is 0 Å². The average molecular weight is 229 g/mol. The topological polar surface area (TPSA) is 20.3 Å². The molecule has 1 aliphatic heterocycles. The Balaban J connectivity index is 2.07. The standard InChI is InChI=1S/C12H23NOS/c1-11-10-12(14)6-8-13(11)7-4-3-5-9-15-2/h11H,3-10H2,1-2H3. The van der Waals surface area contributed by atoms with E-state index in [0.29, 0.717) is 11.8 Å². The summed E-state index contributed by atoms with van der Waals surface area (Å²) in [5, 5.41) is 0. The van der Waals surface area contributed by atoms with Crippen LogP contribution < -0.4 is 0 Å². The number of hydrogen-bond acceptors (Lipinski definition) is 3. The summed E-state index contributed by atoms with van der Waals surface area (Å²) in [6.07, 6.45) is 7.66. The average Bonchev–Trinajstić information content (AvgIpc) is 2.20. The number of rotatable bonds is 6. The first-order valence-corrected chi connectivity index (χ1v) is 7.38. The molecule has 1 unspecified atom stereocenters. The summed E-state index contributed by atoms with van der Waals surface area (Å²) in [6.45, 7) is 4.35. The fourth-order valence-electron chi connectivity index (χ4n) is 2.12. The first kappa shape index (κ1) is 13.0. The van der Waals surface area contributed by atoms with Gasteiger partial charge in [0.05, 0.1) is 0 Å². The lowest BCUT2D eigenvalue weighted by Gasteiger charge is -2.32. The second kappa shape index (κ2) is 7.29. The number of likely N-dealkylation sites (tertiary alicyclic amines) is 1. The number of piperidine rings is 1. The van der Waals surface area contributed by atoms with E-state index in [2.05, 4.69) is 18.1 Å². The highest BCUT2D eigenvalue weighted by atomic mass is 32.2. The molecule has 0 saturated carbocycles. The molecule has 0 bridgehead atoms. The van der Waals surface area contributed by atoms with Gasteiger partial charge in [0, 0.05) is 25.4 Å². The van der Waals surface area contributed by atoms with Gasteiger partial charge in [0.25, 0.3) is 0 Å². The Labute approximate surface area is 97.8 Å². The Morgan fingerprint density at radius 1 is 1.40 bits per heavy atom. The lowest BCUT2D eigenvalue weighted by molar-refractivity contribution is -0.122. The van der Waals surface area contributed by atoms with Crippen LogP contribution in [0.2, 0.25) is 0 Å². The molecule has 0 amide bonds. The van der Waals surface area contributed by atoms with E-state index < -0.39 is 0 Å². The predicted molar refractivity (Wildman–Crippen MR) is 67.5 cm³/mol. The van der Waals surface area contributed by atoms with Crippen LogP contribution >= 0.6 is 11.8 Å². The third-order valence-corrected chi connectivity index (χ3v) is 3.81. The Morgan fingerprint density at radius 2 is 2.20 bits per heavy atom. The molecule has 0 radical (unpaired) electrons. The van der Waals surface area contributed by atoms with Crippen LogP contribution in [-0.2, 0) is 4.79 Å².